The lowest BCUT2D eigenvalue weighted by atomic mass is 10.2. The summed E-state index contributed by atoms with van der Waals surface area (Å²) in [5, 5.41) is 5.41. The van der Waals surface area contributed by atoms with Crippen LogP contribution < -0.4 is 15.4 Å². The lowest BCUT2D eigenvalue weighted by molar-refractivity contribution is 0.0735. The fourth-order valence-corrected chi connectivity index (χ4v) is 2.38. The second-order valence-electron chi connectivity index (χ2n) is 4.81. The van der Waals surface area contributed by atoms with Gasteiger partial charge < -0.3 is 15.4 Å². The first kappa shape index (κ1) is 17.3. The monoisotopic (exact) mass is 424 g/mol. The Morgan fingerprint density at radius 2 is 1.91 bits per heavy atom. The third-order valence-corrected chi connectivity index (χ3v) is 3.57. The second-order valence-corrected chi connectivity index (χ2v) is 6.05. The molecule has 0 spiro atoms. The number of amides is 2. The molecular formula is C17H17IN2O3. The number of hydrogen-bond donors (Lipinski definition) is 2. The molecule has 0 aliphatic carbocycles. The number of anilines is 1. The molecule has 0 atom stereocenters. The van der Waals surface area contributed by atoms with Gasteiger partial charge in [-0.05, 0) is 59.3 Å². The van der Waals surface area contributed by atoms with Gasteiger partial charge in [0.15, 0.2) is 0 Å². The maximum atomic E-state index is 12.1. The maximum absolute atomic E-state index is 12.1. The molecule has 0 heterocycles. The summed E-state index contributed by atoms with van der Waals surface area (Å²) in [6.45, 7) is 2.58. The molecule has 23 heavy (non-hydrogen) atoms. The summed E-state index contributed by atoms with van der Waals surface area (Å²) in [6.07, 6.45) is 0.862. The van der Waals surface area contributed by atoms with Crippen LogP contribution in [0.15, 0.2) is 48.5 Å². The lowest BCUT2D eigenvalue weighted by Gasteiger charge is -2.09. The number of benzene rings is 2. The molecule has 6 heteroatoms. The first-order valence-corrected chi connectivity index (χ1v) is 8.29. The number of esters is 1. The smallest absolute Gasteiger partial charge is 0.343 e. The van der Waals surface area contributed by atoms with Gasteiger partial charge in [-0.1, -0.05) is 19.1 Å². The third kappa shape index (κ3) is 5.55. The maximum Gasteiger partial charge on any atom is 0.343 e. The highest BCUT2D eigenvalue weighted by atomic mass is 127. The minimum Gasteiger partial charge on any atom is -0.423 e. The molecule has 2 amide bonds. The average molecular weight is 424 g/mol. The molecule has 0 bridgehead atoms. The summed E-state index contributed by atoms with van der Waals surface area (Å²) in [7, 11) is 0. The van der Waals surface area contributed by atoms with Gasteiger partial charge >= 0.3 is 12.0 Å². The number of rotatable bonds is 5. The van der Waals surface area contributed by atoms with E-state index in [9.17, 15) is 9.59 Å². The van der Waals surface area contributed by atoms with Crippen LogP contribution in [-0.2, 0) is 0 Å². The zero-order valence-corrected chi connectivity index (χ0v) is 14.8. The Morgan fingerprint density at radius 3 is 2.65 bits per heavy atom. The predicted octanol–water partition coefficient (Wildman–Crippen LogP) is 4.04. The molecule has 2 N–H and O–H groups in total. The summed E-state index contributed by atoms with van der Waals surface area (Å²) in [5.74, 6) is -0.0572. The summed E-state index contributed by atoms with van der Waals surface area (Å²) in [5.41, 5.74) is 1.04. The fraction of sp³-hybridized carbons (Fsp3) is 0.176. The Bertz CT molecular complexity index is 704. The zero-order chi connectivity index (χ0) is 16.7. The lowest BCUT2D eigenvalue weighted by Crippen LogP contribution is -2.29. The van der Waals surface area contributed by atoms with Gasteiger partial charge in [-0.3, -0.25) is 0 Å². The van der Waals surface area contributed by atoms with Crippen molar-refractivity contribution in [2.24, 2.45) is 0 Å². The topological polar surface area (TPSA) is 67.4 Å². The summed E-state index contributed by atoms with van der Waals surface area (Å²) >= 11 is 2.14. The van der Waals surface area contributed by atoms with E-state index in [0.717, 1.165) is 9.99 Å². The van der Waals surface area contributed by atoms with Crippen molar-refractivity contribution < 1.29 is 14.3 Å². The van der Waals surface area contributed by atoms with E-state index in [2.05, 4.69) is 33.2 Å². The van der Waals surface area contributed by atoms with Gasteiger partial charge in [0.2, 0.25) is 0 Å². The summed E-state index contributed by atoms with van der Waals surface area (Å²) in [4.78, 5) is 23.7. The van der Waals surface area contributed by atoms with Crippen molar-refractivity contribution in [2.75, 3.05) is 11.9 Å². The highest BCUT2D eigenvalue weighted by molar-refractivity contribution is 14.1. The number of carbonyl (C=O) groups excluding carboxylic acids is 2. The molecule has 0 aliphatic rings. The number of halogens is 1. The Balaban J connectivity index is 2.02. The Kier molecular flexibility index (Phi) is 6.40. The second kappa shape index (κ2) is 8.52. The van der Waals surface area contributed by atoms with E-state index in [1.165, 1.54) is 0 Å². The molecule has 0 aromatic heterocycles. The van der Waals surface area contributed by atoms with Gasteiger partial charge in [0.1, 0.15) is 5.75 Å². The average Bonchev–Trinajstić information content (AvgIpc) is 2.53. The van der Waals surface area contributed by atoms with Crippen molar-refractivity contribution in [3.8, 4) is 5.75 Å². The predicted molar refractivity (Wildman–Crippen MR) is 97.9 cm³/mol. The molecular weight excluding hydrogens is 407 g/mol. The number of nitrogens with one attached hydrogen (secondary N) is 2. The molecule has 0 radical (unpaired) electrons. The van der Waals surface area contributed by atoms with E-state index in [-0.39, 0.29) is 6.03 Å². The number of carbonyl (C=O) groups is 2. The van der Waals surface area contributed by atoms with Crippen molar-refractivity contribution >= 4 is 40.3 Å². The van der Waals surface area contributed by atoms with Crippen LogP contribution >= 0.6 is 22.6 Å². The Hall–Kier alpha value is -2.09. The zero-order valence-electron chi connectivity index (χ0n) is 12.6. The number of hydrogen-bond acceptors (Lipinski definition) is 3. The van der Waals surface area contributed by atoms with E-state index < -0.39 is 5.97 Å². The van der Waals surface area contributed by atoms with Crippen LogP contribution in [0.2, 0.25) is 0 Å². The molecule has 5 nitrogen and oxygen atoms in total. The summed E-state index contributed by atoms with van der Waals surface area (Å²) < 4.78 is 6.30. The molecule has 0 saturated carbocycles. The molecule has 0 aliphatic heterocycles. The Morgan fingerprint density at radius 1 is 1.13 bits per heavy atom. The van der Waals surface area contributed by atoms with Crippen molar-refractivity contribution in [3.63, 3.8) is 0 Å². The van der Waals surface area contributed by atoms with Crippen molar-refractivity contribution in [1.82, 2.24) is 5.32 Å². The van der Waals surface area contributed by atoms with Crippen molar-refractivity contribution in [1.29, 1.82) is 0 Å². The van der Waals surface area contributed by atoms with Crippen LogP contribution in [-0.4, -0.2) is 18.5 Å². The highest BCUT2D eigenvalue weighted by Crippen LogP contribution is 2.19. The van der Waals surface area contributed by atoms with E-state index in [0.29, 0.717) is 23.5 Å². The van der Waals surface area contributed by atoms with Crippen LogP contribution in [0.5, 0.6) is 5.75 Å². The van der Waals surface area contributed by atoms with Gasteiger partial charge in [-0.15, -0.1) is 0 Å². The van der Waals surface area contributed by atoms with Gasteiger partial charge in [0.25, 0.3) is 0 Å². The van der Waals surface area contributed by atoms with E-state index in [4.69, 9.17) is 4.74 Å². The van der Waals surface area contributed by atoms with Gasteiger partial charge in [-0.25, -0.2) is 9.59 Å². The van der Waals surface area contributed by atoms with E-state index in [1.807, 2.05) is 13.0 Å². The molecule has 2 aromatic rings. The van der Waals surface area contributed by atoms with Crippen LogP contribution in [0.1, 0.15) is 23.7 Å². The molecule has 0 saturated heterocycles. The molecule has 120 valence electrons. The number of urea groups is 1. The molecule has 2 aromatic carbocycles. The normalized spacial score (nSPS) is 10.0. The first-order chi connectivity index (χ1) is 11.1. The minimum atomic E-state index is -0.434. The van der Waals surface area contributed by atoms with Crippen LogP contribution in [0.25, 0.3) is 0 Å². The molecule has 2 rings (SSSR count). The third-order valence-electron chi connectivity index (χ3n) is 2.90. The molecule has 0 unspecified atom stereocenters. The minimum absolute atomic E-state index is 0.284. The van der Waals surface area contributed by atoms with Crippen molar-refractivity contribution in [3.05, 3.63) is 57.7 Å². The van der Waals surface area contributed by atoms with Crippen molar-refractivity contribution in [2.45, 2.75) is 13.3 Å². The fourth-order valence-electron chi connectivity index (χ4n) is 1.83. The first-order valence-electron chi connectivity index (χ1n) is 7.21. The van der Waals surface area contributed by atoms with Crippen LogP contribution in [0.3, 0.4) is 0 Å². The number of ether oxygens (including phenoxy) is 1. The Labute approximate surface area is 148 Å². The highest BCUT2D eigenvalue weighted by Gasteiger charge is 2.09. The van der Waals surface area contributed by atoms with Gasteiger partial charge in [-0.2, -0.15) is 0 Å². The van der Waals surface area contributed by atoms with E-state index >= 15 is 0 Å². The quantitative estimate of drug-likeness (QED) is 0.433. The van der Waals surface area contributed by atoms with Gasteiger partial charge in [0.05, 0.1) is 5.56 Å². The van der Waals surface area contributed by atoms with E-state index in [1.54, 1.807) is 42.5 Å². The standard InChI is InChI=1S/C17H17IN2O3/c1-2-9-19-17(22)20-14-7-4-8-15(11-14)23-16(21)12-5-3-6-13(18)10-12/h3-8,10-11H,2,9H2,1H3,(H2,19,20,22). The summed E-state index contributed by atoms with van der Waals surface area (Å²) in [6, 6.07) is 13.6. The SMILES string of the molecule is CCCNC(=O)Nc1cccc(OC(=O)c2cccc(I)c2)c1. The largest absolute Gasteiger partial charge is 0.423 e. The molecule has 0 fully saturated rings. The van der Waals surface area contributed by atoms with Crippen LogP contribution in [0, 0.1) is 3.57 Å². The van der Waals surface area contributed by atoms with Gasteiger partial charge in [0, 0.05) is 21.9 Å². The van der Waals surface area contributed by atoms with Crippen LogP contribution in [0.4, 0.5) is 10.5 Å².